The van der Waals surface area contributed by atoms with Crippen LogP contribution in [0.5, 0.6) is 5.75 Å². The summed E-state index contributed by atoms with van der Waals surface area (Å²) in [6.45, 7) is 4.42. The van der Waals surface area contributed by atoms with Gasteiger partial charge in [-0.1, -0.05) is 29.8 Å². The smallest absolute Gasteiger partial charge is 0.335 e. The van der Waals surface area contributed by atoms with E-state index in [0.29, 0.717) is 26.9 Å². The molecule has 4 amide bonds. The zero-order chi connectivity index (χ0) is 22.0. The van der Waals surface area contributed by atoms with E-state index in [1.54, 1.807) is 12.1 Å². The Balaban J connectivity index is 2.05. The molecule has 0 unspecified atom stereocenters. The van der Waals surface area contributed by atoms with Gasteiger partial charge in [0.15, 0.2) is 0 Å². The fourth-order valence-electron chi connectivity index (χ4n) is 2.73. The Kier molecular flexibility index (Phi) is 6.72. The Bertz CT molecular complexity index is 1050. The predicted octanol–water partition coefficient (Wildman–Crippen LogP) is 5.05. The van der Waals surface area contributed by atoms with Crippen LogP contribution in [-0.2, 0) is 9.59 Å². The van der Waals surface area contributed by atoms with Crippen LogP contribution in [0.2, 0.25) is 0 Å². The monoisotopic (exact) mass is 538 g/mol. The molecular formula is C21H17Br2FN2O4. The molecule has 0 radical (unpaired) electrons. The SMILES string of the molecule is CC(C)COc1c(Br)cc(Br)cc1/C=C1\C(=O)NC(=O)N(c2ccc(F)cc2)C1=O. The third-order valence-electron chi connectivity index (χ3n) is 4.08. The number of imide groups is 2. The second kappa shape index (κ2) is 9.09. The van der Waals surface area contributed by atoms with Crippen LogP contribution in [0.3, 0.4) is 0 Å². The van der Waals surface area contributed by atoms with E-state index in [2.05, 4.69) is 37.2 Å². The van der Waals surface area contributed by atoms with E-state index in [9.17, 15) is 18.8 Å². The van der Waals surface area contributed by atoms with Gasteiger partial charge in [-0.2, -0.15) is 0 Å². The molecule has 2 aromatic carbocycles. The van der Waals surface area contributed by atoms with Gasteiger partial charge in [-0.05, 0) is 64.3 Å². The Morgan fingerprint density at radius 3 is 2.43 bits per heavy atom. The highest BCUT2D eigenvalue weighted by atomic mass is 79.9. The third-order valence-corrected chi connectivity index (χ3v) is 5.13. The lowest BCUT2D eigenvalue weighted by molar-refractivity contribution is -0.122. The molecule has 30 heavy (non-hydrogen) atoms. The van der Waals surface area contributed by atoms with Gasteiger partial charge >= 0.3 is 6.03 Å². The van der Waals surface area contributed by atoms with Crippen molar-refractivity contribution in [1.82, 2.24) is 5.32 Å². The molecule has 1 fully saturated rings. The van der Waals surface area contributed by atoms with Crippen molar-refractivity contribution in [2.75, 3.05) is 11.5 Å². The Morgan fingerprint density at radius 2 is 1.80 bits per heavy atom. The molecule has 156 valence electrons. The van der Waals surface area contributed by atoms with Crippen LogP contribution in [0.1, 0.15) is 19.4 Å². The van der Waals surface area contributed by atoms with Crippen LogP contribution in [0.4, 0.5) is 14.9 Å². The average Bonchev–Trinajstić information content (AvgIpc) is 2.65. The quantitative estimate of drug-likeness (QED) is 0.426. The first-order valence-corrected chi connectivity index (χ1v) is 10.5. The van der Waals surface area contributed by atoms with Gasteiger partial charge in [0.05, 0.1) is 16.8 Å². The maximum absolute atomic E-state index is 13.2. The van der Waals surface area contributed by atoms with Gasteiger partial charge in [-0.25, -0.2) is 14.1 Å². The second-order valence-corrected chi connectivity index (χ2v) is 8.72. The molecule has 0 saturated carbocycles. The van der Waals surface area contributed by atoms with E-state index in [0.717, 1.165) is 17.0 Å². The number of nitrogens with one attached hydrogen (secondary N) is 1. The average molecular weight is 540 g/mol. The van der Waals surface area contributed by atoms with E-state index in [1.165, 1.54) is 18.2 Å². The Labute approximate surface area is 189 Å². The van der Waals surface area contributed by atoms with Crippen molar-refractivity contribution in [1.29, 1.82) is 0 Å². The largest absolute Gasteiger partial charge is 0.492 e. The van der Waals surface area contributed by atoms with E-state index < -0.39 is 23.7 Å². The van der Waals surface area contributed by atoms with Gasteiger partial charge in [0.2, 0.25) is 0 Å². The predicted molar refractivity (Wildman–Crippen MR) is 118 cm³/mol. The number of barbiturate groups is 1. The van der Waals surface area contributed by atoms with Crippen LogP contribution in [0, 0.1) is 11.7 Å². The highest BCUT2D eigenvalue weighted by molar-refractivity contribution is 9.11. The molecule has 9 heteroatoms. The summed E-state index contributed by atoms with van der Waals surface area (Å²) in [4.78, 5) is 38.5. The van der Waals surface area contributed by atoms with Crippen LogP contribution in [0.25, 0.3) is 6.08 Å². The summed E-state index contributed by atoms with van der Waals surface area (Å²) in [5.41, 5.74) is 0.367. The second-order valence-electron chi connectivity index (χ2n) is 6.95. The van der Waals surface area contributed by atoms with Crippen LogP contribution in [-0.4, -0.2) is 24.5 Å². The number of carbonyl (C=O) groups excluding carboxylic acids is 3. The van der Waals surface area contributed by atoms with Gasteiger partial charge < -0.3 is 4.74 Å². The van der Waals surface area contributed by atoms with Crippen molar-refractivity contribution >= 4 is 61.5 Å². The molecule has 0 bridgehead atoms. The number of carbonyl (C=O) groups is 3. The maximum Gasteiger partial charge on any atom is 0.335 e. The molecule has 1 aliphatic rings. The van der Waals surface area contributed by atoms with Crippen LogP contribution < -0.4 is 15.0 Å². The maximum atomic E-state index is 13.2. The summed E-state index contributed by atoms with van der Waals surface area (Å²) in [5, 5.41) is 2.14. The zero-order valence-corrected chi connectivity index (χ0v) is 19.2. The molecule has 0 atom stereocenters. The number of hydrogen-bond acceptors (Lipinski definition) is 4. The lowest BCUT2D eigenvalue weighted by Gasteiger charge is -2.26. The van der Waals surface area contributed by atoms with Crippen LogP contribution >= 0.6 is 31.9 Å². The number of rotatable bonds is 5. The number of benzene rings is 2. The van der Waals surface area contributed by atoms with E-state index >= 15 is 0 Å². The number of halogens is 3. The van der Waals surface area contributed by atoms with Crippen molar-refractivity contribution < 1.29 is 23.5 Å². The molecule has 1 saturated heterocycles. The normalized spacial score (nSPS) is 15.7. The Hall–Kier alpha value is -2.52. The van der Waals surface area contributed by atoms with Gasteiger partial charge in [-0.15, -0.1) is 0 Å². The molecule has 0 spiro atoms. The fraction of sp³-hybridized carbons (Fsp3) is 0.190. The summed E-state index contributed by atoms with van der Waals surface area (Å²) in [5.74, 6) is -1.44. The first-order chi connectivity index (χ1) is 14.2. The molecule has 6 nitrogen and oxygen atoms in total. The number of amides is 4. The molecule has 0 aromatic heterocycles. The topological polar surface area (TPSA) is 75.7 Å². The molecule has 1 heterocycles. The van der Waals surface area contributed by atoms with Gasteiger partial charge in [0, 0.05) is 10.0 Å². The highest BCUT2D eigenvalue weighted by Gasteiger charge is 2.37. The summed E-state index contributed by atoms with van der Waals surface area (Å²) in [7, 11) is 0. The lowest BCUT2D eigenvalue weighted by atomic mass is 10.1. The minimum absolute atomic E-state index is 0.143. The molecule has 0 aliphatic carbocycles. The standard InChI is InChI=1S/C21H17Br2FN2O4/c1-11(2)10-30-18-12(7-13(22)9-17(18)23)8-16-19(27)25-21(29)26(20(16)28)15-5-3-14(24)4-6-15/h3-9,11H,10H2,1-2H3,(H,25,27,29)/b16-8+. The van der Waals surface area contributed by atoms with Crippen molar-refractivity contribution in [3.05, 3.63) is 62.3 Å². The summed E-state index contributed by atoms with van der Waals surface area (Å²) in [6.07, 6.45) is 1.37. The molecular weight excluding hydrogens is 523 g/mol. The molecule has 3 rings (SSSR count). The highest BCUT2D eigenvalue weighted by Crippen LogP contribution is 2.35. The number of urea groups is 1. The van der Waals surface area contributed by atoms with E-state index in [-0.39, 0.29) is 17.2 Å². The van der Waals surface area contributed by atoms with E-state index in [4.69, 9.17) is 4.74 Å². The first-order valence-electron chi connectivity index (χ1n) is 8.96. The Morgan fingerprint density at radius 1 is 1.13 bits per heavy atom. The number of hydrogen-bond donors (Lipinski definition) is 1. The molecule has 2 aromatic rings. The molecule has 1 aliphatic heterocycles. The number of anilines is 1. The van der Waals surface area contributed by atoms with E-state index in [1.807, 2.05) is 13.8 Å². The van der Waals surface area contributed by atoms with Gasteiger partial charge in [0.25, 0.3) is 11.8 Å². The minimum Gasteiger partial charge on any atom is -0.492 e. The van der Waals surface area contributed by atoms with Crippen LogP contribution in [0.15, 0.2) is 50.9 Å². The third kappa shape index (κ3) is 4.79. The number of nitrogens with zero attached hydrogens (tertiary/aromatic N) is 1. The van der Waals surface area contributed by atoms with Gasteiger partial charge in [0.1, 0.15) is 17.1 Å². The number of ether oxygens (including phenoxy) is 1. The minimum atomic E-state index is -0.902. The summed E-state index contributed by atoms with van der Waals surface area (Å²) in [6, 6.07) is 7.40. The van der Waals surface area contributed by atoms with Crippen molar-refractivity contribution in [2.24, 2.45) is 5.92 Å². The van der Waals surface area contributed by atoms with Crippen molar-refractivity contribution in [3.8, 4) is 5.75 Å². The first kappa shape index (κ1) is 22.2. The van der Waals surface area contributed by atoms with Gasteiger partial charge in [-0.3, -0.25) is 14.9 Å². The zero-order valence-electron chi connectivity index (χ0n) is 16.0. The fourth-order valence-corrected chi connectivity index (χ4v) is 4.10. The molecule has 1 N–H and O–H groups in total. The van der Waals surface area contributed by atoms with Crippen molar-refractivity contribution in [3.63, 3.8) is 0 Å². The summed E-state index contributed by atoms with van der Waals surface area (Å²) < 4.78 is 20.4. The summed E-state index contributed by atoms with van der Waals surface area (Å²) >= 11 is 6.83. The lowest BCUT2D eigenvalue weighted by Crippen LogP contribution is -2.54. The van der Waals surface area contributed by atoms with Crippen molar-refractivity contribution in [2.45, 2.75) is 13.8 Å².